The van der Waals surface area contributed by atoms with Crippen LogP contribution in [0, 0.1) is 0 Å². The number of carbonyl (C=O) groups is 2. The molecule has 6 heteroatoms. The van der Waals surface area contributed by atoms with E-state index in [4.69, 9.17) is 4.74 Å². The van der Waals surface area contributed by atoms with E-state index < -0.39 is 12.1 Å². The molecule has 0 saturated heterocycles. The van der Waals surface area contributed by atoms with Crippen molar-refractivity contribution in [2.45, 2.75) is 392 Å². The molecule has 0 aliphatic carbocycles. The van der Waals surface area contributed by atoms with Gasteiger partial charge in [-0.05, 0) is 25.7 Å². The predicted molar refractivity (Wildman–Crippen MR) is 310 cm³/mol. The minimum Gasteiger partial charge on any atom is -0.466 e. The van der Waals surface area contributed by atoms with Gasteiger partial charge >= 0.3 is 5.97 Å². The van der Waals surface area contributed by atoms with Gasteiger partial charge in [0.05, 0.1) is 25.4 Å². The average molecular weight is 1000 g/mol. The Balaban J connectivity index is 3.35. The van der Waals surface area contributed by atoms with Gasteiger partial charge in [-0.15, -0.1) is 0 Å². The zero-order valence-corrected chi connectivity index (χ0v) is 48.5. The number of ether oxygens (including phenoxy) is 1. The number of carbonyl (C=O) groups excluding carboxylic acids is 2. The van der Waals surface area contributed by atoms with Crippen LogP contribution in [0.5, 0.6) is 0 Å². The number of aliphatic hydroxyl groups is 2. The summed E-state index contributed by atoms with van der Waals surface area (Å²) < 4.78 is 5.48. The lowest BCUT2D eigenvalue weighted by Gasteiger charge is -2.22. The van der Waals surface area contributed by atoms with Crippen LogP contribution >= 0.6 is 0 Å². The maximum absolute atomic E-state index is 12.5. The van der Waals surface area contributed by atoms with E-state index in [9.17, 15) is 19.8 Å². The van der Waals surface area contributed by atoms with Gasteiger partial charge in [0.25, 0.3) is 0 Å². The van der Waals surface area contributed by atoms with Crippen LogP contribution in [-0.2, 0) is 14.3 Å². The van der Waals surface area contributed by atoms with Crippen LogP contribution in [0.4, 0.5) is 0 Å². The van der Waals surface area contributed by atoms with Crippen molar-refractivity contribution in [3.8, 4) is 0 Å². The van der Waals surface area contributed by atoms with E-state index in [1.165, 1.54) is 308 Å². The van der Waals surface area contributed by atoms with Gasteiger partial charge in [-0.25, -0.2) is 0 Å². The Bertz CT molecular complexity index is 1020. The van der Waals surface area contributed by atoms with Crippen LogP contribution < -0.4 is 5.32 Å². The fraction of sp³-hybridized carbons (Fsp3) is 0.969. The summed E-state index contributed by atoms with van der Waals surface area (Å²) in [6.45, 7) is 4.99. The third kappa shape index (κ3) is 58.0. The standard InChI is InChI=1S/C65H129NO5/c1-3-5-7-9-11-13-15-17-18-28-31-34-37-41-45-49-53-57-63(68)62(61-67)66-64(69)58-54-50-46-42-38-35-32-29-26-24-22-20-19-21-23-25-27-30-33-36-40-44-48-52-56-60-71-65(70)59-55-51-47-43-39-16-14-12-10-8-6-4-2/h62-63,67-68H,3-61H2,1-2H3,(H,66,69). The highest BCUT2D eigenvalue weighted by Gasteiger charge is 2.20. The smallest absolute Gasteiger partial charge is 0.305 e. The van der Waals surface area contributed by atoms with E-state index >= 15 is 0 Å². The van der Waals surface area contributed by atoms with Crippen LogP contribution in [-0.4, -0.2) is 47.4 Å². The molecule has 0 spiro atoms. The van der Waals surface area contributed by atoms with Crippen molar-refractivity contribution in [3.05, 3.63) is 0 Å². The molecule has 0 heterocycles. The minimum atomic E-state index is -0.662. The summed E-state index contributed by atoms with van der Waals surface area (Å²) in [6.07, 6.45) is 72.7. The molecule has 1 amide bonds. The number of hydrogen-bond acceptors (Lipinski definition) is 5. The molecule has 0 aromatic carbocycles. The van der Waals surface area contributed by atoms with Crippen molar-refractivity contribution in [1.82, 2.24) is 5.32 Å². The predicted octanol–water partition coefficient (Wildman–Crippen LogP) is 20.6. The Hall–Kier alpha value is -1.14. The second-order valence-electron chi connectivity index (χ2n) is 22.8. The normalized spacial score (nSPS) is 12.5. The topological polar surface area (TPSA) is 95.9 Å². The summed E-state index contributed by atoms with van der Waals surface area (Å²) in [6, 6.07) is -0.539. The highest BCUT2D eigenvalue weighted by Crippen LogP contribution is 2.19. The minimum absolute atomic E-state index is 0.0182. The number of hydrogen-bond donors (Lipinski definition) is 3. The lowest BCUT2D eigenvalue weighted by atomic mass is 10.0. The molecule has 0 radical (unpaired) electrons. The fourth-order valence-corrected chi connectivity index (χ4v) is 10.6. The van der Waals surface area contributed by atoms with Gasteiger partial charge < -0.3 is 20.3 Å². The molecule has 2 atom stereocenters. The summed E-state index contributed by atoms with van der Waals surface area (Å²) in [7, 11) is 0. The Morgan fingerprint density at radius 1 is 0.338 bits per heavy atom. The molecule has 0 bridgehead atoms. The zero-order valence-electron chi connectivity index (χ0n) is 48.5. The van der Waals surface area contributed by atoms with Crippen LogP contribution in [0.2, 0.25) is 0 Å². The van der Waals surface area contributed by atoms with Gasteiger partial charge in [-0.1, -0.05) is 341 Å². The molecule has 0 fully saturated rings. The van der Waals surface area contributed by atoms with Crippen molar-refractivity contribution in [1.29, 1.82) is 0 Å². The van der Waals surface area contributed by atoms with E-state index in [-0.39, 0.29) is 18.5 Å². The molecule has 0 aliphatic heterocycles. The van der Waals surface area contributed by atoms with E-state index in [1.807, 2.05) is 0 Å². The second kappa shape index (κ2) is 61.4. The van der Waals surface area contributed by atoms with Crippen LogP contribution in [0.15, 0.2) is 0 Å². The SMILES string of the molecule is CCCCCCCCCCCCCCCCCCCC(O)C(CO)NC(=O)CCCCCCCCCCCCCCCCCCCCCCCCCCCOC(=O)CCCCCCCCCCCCCC. The summed E-state index contributed by atoms with van der Waals surface area (Å²) in [5.74, 6) is -0.0110. The number of aliphatic hydroxyl groups excluding tert-OH is 2. The summed E-state index contributed by atoms with van der Waals surface area (Å²) in [5.41, 5.74) is 0. The number of esters is 1. The number of amides is 1. The lowest BCUT2D eigenvalue weighted by molar-refractivity contribution is -0.143. The maximum Gasteiger partial charge on any atom is 0.305 e. The molecule has 0 aliphatic rings. The van der Waals surface area contributed by atoms with Gasteiger partial charge in [0.1, 0.15) is 0 Å². The van der Waals surface area contributed by atoms with Crippen molar-refractivity contribution in [2.24, 2.45) is 0 Å². The molecule has 71 heavy (non-hydrogen) atoms. The van der Waals surface area contributed by atoms with Crippen LogP contribution in [0.1, 0.15) is 380 Å². The Morgan fingerprint density at radius 2 is 0.577 bits per heavy atom. The van der Waals surface area contributed by atoms with E-state index in [0.29, 0.717) is 25.9 Å². The third-order valence-electron chi connectivity index (χ3n) is 15.7. The van der Waals surface area contributed by atoms with Crippen LogP contribution in [0.25, 0.3) is 0 Å². The molecule has 3 N–H and O–H groups in total. The van der Waals surface area contributed by atoms with Gasteiger partial charge in [0, 0.05) is 12.8 Å². The lowest BCUT2D eigenvalue weighted by Crippen LogP contribution is -2.45. The van der Waals surface area contributed by atoms with Gasteiger partial charge in [-0.2, -0.15) is 0 Å². The Labute approximate surface area is 445 Å². The van der Waals surface area contributed by atoms with Crippen molar-refractivity contribution < 1.29 is 24.5 Å². The van der Waals surface area contributed by atoms with Gasteiger partial charge in [0.2, 0.25) is 5.91 Å². The monoisotopic (exact) mass is 1000 g/mol. The largest absolute Gasteiger partial charge is 0.466 e. The second-order valence-corrected chi connectivity index (χ2v) is 22.8. The summed E-state index contributed by atoms with van der Waals surface area (Å²) in [4.78, 5) is 24.5. The Morgan fingerprint density at radius 3 is 0.859 bits per heavy atom. The summed E-state index contributed by atoms with van der Waals surface area (Å²) >= 11 is 0. The molecule has 0 saturated carbocycles. The zero-order chi connectivity index (χ0) is 51.4. The first kappa shape index (κ1) is 69.9. The highest BCUT2D eigenvalue weighted by molar-refractivity contribution is 5.76. The molecule has 0 rings (SSSR count). The number of unbranched alkanes of at least 4 members (excludes halogenated alkanes) is 51. The molecule has 2 unspecified atom stereocenters. The first-order chi connectivity index (χ1) is 35.0. The van der Waals surface area contributed by atoms with E-state index in [0.717, 1.165) is 38.5 Å². The fourth-order valence-electron chi connectivity index (χ4n) is 10.6. The number of nitrogens with one attached hydrogen (secondary N) is 1. The van der Waals surface area contributed by atoms with Crippen molar-refractivity contribution >= 4 is 11.9 Å². The number of rotatable bonds is 62. The quantitative estimate of drug-likeness (QED) is 0.0417. The average Bonchev–Trinajstić information content (AvgIpc) is 3.37. The van der Waals surface area contributed by atoms with E-state index in [1.54, 1.807) is 0 Å². The molecular formula is C65H129NO5. The third-order valence-corrected chi connectivity index (χ3v) is 15.7. The van der Waals surface area contributed by atoms with Crippen molar-refractivity contribution in [2.75, 3.05) is 13.2 Å². The van der Waals surface area contributed by atoms with Gasteiger partial charge in [-0.3, -0.25) is 9.59 Å². The van der Waals surface area contributed by atoms with Crippen LogP contribution in [0.3, 0.4) is 0 Å². The van der Waals surface area contributed by atoms with E-state index in [2.05, 4.69) is 19.2 Å². The first-order valence-electron chi connectivity index (χ1n) is 32.8. The molecule has 0 aromatic heterocycles. The molecule has 424 valence electrons. The maximum atomic E-state index is 12.5. The first-order valence-corrected chi connectivity index (χ1v) is 32.8. The highest BCUT2D eigenvalue weighted by atomic mass is 16.5. The van der Waals surface area contributed by atoms with Crippen molar-refractivity contribution in [3.63, 3.8) is 0 Å². The summed E-state index contributed by atoms with van der Waals surface area (Å²) in [5, 5.41) is 23.3. The molecule has 0 aromatic rings. The Kier molecular flexibility index (Phi) is 60.4. The molecule has 6 nitrogen and oxygen atoms in total. The van der Waals surface area contributed by atoms with Gasteiger partial charge in [0.15, 0.2) is 0 Å². The molecular weight excluding hydrogens is 875 g/mol.